The van der Waals surface area contributed by atoms with Crippen molar-refractivity contribution >= 4 is 11.7 Å². The standard InChI is InChI=1S/C12H19N3O/c1-4-5-9(2)15-12(16)10-6-7-11(13-3)14-8-10/h6-9H,4-5H2,1-3H3,(H,13,14)(H,15,16). The van der Waals surface area contributed by atoms with Crippen molar-refractivity contribution in [1.29, 1.82) is 0 Å². The molecule has 2 N–H and O–H groups in total. The van der Waals surface area contributed by atoms with Crippen molar-refractivity contribution in [3.05, 3.63) is 23.9 Å². The molecule has 0 aromatic carbocycles. The fourth-order valence-corrected chi connectivity index (χ4v) is 1.49. The first-order chi connectivity index (χ1) is 7.67. The molecule has 0 bridgehead atoms. The van der Waals surface area contributed by atoms with Gasteiger partial charge in [0.15, 0.2) is 0 Å². The van der Waals surface area contributed by atoms with Crippen molar-refractivity contribution in [3.8, 4) is 0 Å². The van der Waals surface area contributed by atoms with Gasteiger partial charge in [-0.15, -0.1) is 0 Å². The summed E-state index contributed by atoms with van der Waals surface area (Å²) in [6.07, 6.45) is 3.64. The van der Waals surface area contributed by atoms with E-state index in [1.165, 1.54) is 0 Å². The molecule has 1 aromatic rings. The van der Waals surface area contributed by atoms with Gasteiger partial charge in [0.2, 0.25) is 0 Å². The molecule has 0 aliphatic carbocycles. The van der Waals surface area contributed by atoms with Crippen LogP contribution < -0.4 is 10.6 Å². The van der Waals surface area contributed by atoms with Crippen LogP contribution in [0.5, 0.6) is 0 Å². The summed E-state index contributed by atoms with van der Waals surface area (Å²) in [6, 6.07) is 3.77. The second kappa shape index (κ2) is 6.10. The van der Waals surface area contributed by atoms with Crippen molar-refractivity contribution in [2.75, 3.05) is 12.4 Å². The van der Waals surface area contributed by atoms with Gasteiger partial charge in [0.25, 0.3) is 5.91 Å². The number of nitrogens with zero attached hydrogens (tertiary/aromatic N) is 1. The lowest BCUT2D eigenvalue weighted by atomic mass is 10.2. The Morgan fingerprint density at radius 3 is 2.75 bits per heavy atom. The summed E-state index contributed by atoms with van der Waals surface area (Å²) < 4.78 is 0. The monoisotopic (exact) mass is 221 g/mol. The van der Waals surface area contributed by atoms with Crippen LogP contribution in [-0.2, 0) is 0 Å². The zero-order valence-corrected chi connectivity index (χ0v) is 10.1. The highest BCUT2D eigenvalue weighted by Gasteiger charge is 2.09. The molecule has 1 amide bonds. The maximum atomic E-state index is 11.8. The van der Waals surface area contributed by atoms with Crippen molar-refractivity contribution < 1.29 is 4.79 Å². The van der Waals surface area contributed by atoms with Crippen molar-refractivity contribution in [1.82, 2.24) is 10.3 Å². The third-order valence-electron chi connectivity index (χ3n) is 2.38. The lowest BCUT2D eigenvalue weighted by Crippen LogP contribution is -2.32. The van der Waals surface area contributed by atoms with Gasteiger partial charge in [-0.05, 0) is 25.5 Å². The predicted molar refractivity (Wildman–Crippen MR) is 65.6 cm³/mol. The van der Waals surface area contributed by atoms with Gasteiger partial charge in [-0.1, -0.05) is 13.3 Å². The second-order valence-corrected chi connectivity index (χ2v) is 3.85. The van der Waals surface area contributed by atoms with E-state index in [-0.39, 0.29) is 11.9 Å². The Balaban J connectivity index is 2.59. The lowest BCUT2D eigenvalue weighted by Gasteiger charge is -2.12. The normalized spacial score (nSPS) is 11.9. The van der Waals surface area contributed by atoms with Crippen molar-refractivity contribution in [3.63, 3.8) is 0 Å². The van der Waals surface area contributed by atoms with Crippen LogP contribution in [0.1, 0.15) is 37.0 Å². The van der Waals surface area contributed by atoms with Crippen molar-refractivity contribution in [2.24, 2.45) is 0 Å². The van der Waals surface area contributed by atoms with Crippen LogP contribution in [0, 0.1) is 0 Å². The third kappa shape index (κ3) is 3.53. The largest absolute Gasteiger partial charge is 0.373 e. The number of aromatic nitrogens is 1. The number of hydrogen-bond donors (Lipinski definition) is 2. The topological polar surface area (TPSA) is 54.0 Å². The molecule has 88 valence electrons. The lowest BCUT2D eigenvalue weighted by molar-refractivity contribution is 0.0938. The number of carbonyl (C=O) groups excluding carboxylic acids is 1. The average Bonchev–Trinajstić information content (AvgIpc) is 2.29. The number of rotatable bonds is 5. The first kappa shape index (κ1) is 12.5. The van der Waals surface area contributed by atoms with Gasteiger partial charge in [-0.3, -0.25) is 4.79 Å². The molecule has 1 unspecified atom stereocenters. The van der Waals surface area contributed by atoms with E-state index in [0.717, 1.165) is 18.7 Å². The summed E-state index contributed by atoms with van der Waals surface area (Å²) >= 11 is 0. The van der Waals surface area contributed by atoms with Gasteiger partial charge in [-0.2, -0.15) is 0 Å². The molecule has 4 nitrogen and oxygen atoms in total. The molecule has 1 aromatic heterocycles. The van der Waals surface area contributed by atoms with Gasteiger partial charge in [0, 0.05) is 19.3 Å². The Labute approximate surface area is 96.5 Å². The highest BCUT2D eigenvalue weighted by atomic mass is 16.1. The van der Waals surface area contributed by atoms with Gasteiger partial charge in [-0.25, -0.2) is 4.98 Å². The molecule has 0 aliphatic rings. The molecule has 0 saturated carbocycles. The van der Waals surface area contributed by atoms with Gasteiger partial charge in [0.05, 0.1) is 5.56 Å². The Morgan fingerprint density at radius 1 is 1.50 bits per heavy atom. The molecule has 0 saturated heterocycles. The Bertz CT molecular complexity index is 335. The van der Waals surface area contributed by atoms with Gasteiger partial charge >= 0.3 is 0 Å². The number of anilines is 1. The van der Waals surface area contributed by atoms with Gasteiger partial charge < -0.3 is 10.6 Å². The highest BCUT2D eigenvalue weighted by Crippen LogP contribution is 2.05. The van der Waals surface area contributed by atoms with Crippen LogP contribution in [0.3, 0.4) is 0 Å². The molecular formula is C12H19N3O. The molecule has 1 heterocycles. The number of pyridine rings is 1. The van der Waals surface area contributed by atoms with Crippen LogP contribution in [0.25, 0.3) is 0 Å². The quantitative estimate of drug-likeness (QED) is 0.800. The zero-order chi connectivity index (χ0) is 12.0. The summed E-state index contributed by atoms with van der Waals surface area (Å²) in [6.45, 7) is 4.11. The average molecular weight is 221 g/mol. The second-order valence-electron chi connectivity index (χ2n) is 3.85. The molecule has 0 aliphatic heterocycles. The van der Waals surface area contributed by atoms with Crippen LogP contribution in [0.2, 0.25) is 0 Å². The minimum absolute atomic E-state index is 0.0592. The molecular weight excluding hydrogens is 202 g/mol. The molecule has 0 fully saturated rings. The number of carbonyl (C=O) groups is 1. The fraction of sp³-hybridized carbons (Fsp3) is 0.500. The first-order valence-corrected chi connectivity index (χ1v) is 5.62. The summed E-state index contributed by atoms with van der Waals surface area (Å²) in [5, 5.41) is 5.85. The third-order valence-corrected chi connectivity index (χ3v) is 2.38. The molecule has 1 atom stereocenters. The summed E-state index contributed by atoms with van der Waals surface area (Å²) in [5.74, 6) is 0.703. The zero-order valence-electron chi connectivity index (χ0n) is 10.1. The maximum absolute atomic E-state index is 11.8. The Hall–Kier alpha value is -1.58. The van der Waals surface area contributed by atoms with Crippen LogP contribution >= 0.6 is 0 Å². The van der Waals surface area contributed by atoms with E-state index < -0.39 is 0 Å². The van der Waals surface area contributed by atoms with Crippen LogP contribution in [0.4, 0.5) is 5.82 Å². The SMILES string of the molecule is CCCC(C)NC(=O)c1ccc(NC)nc1. The minimum atomic E-state index is -0.0592. The maximum Gasteiger partial charge on any atom is 0.253 e. The Morgan fingerprint density at radius 2 is 2.25 bits per heavy atom. The fourth-order valence-electron chi connectivity index (χ4n) is 1.49. The van der Waals surface area contributed by atoms with Crippen molar-refractivity contribution in [2.45, 2.75) is 32.7 Å². The molecule has 4 heteroatoms. The van der Waals surface area contributed by atoms with E-state index in [2.05, 4.69) is 22.5 Å². The molecule has 0 radical (unpaired) electrons. The predicted octanol–water partition coefficient (Wildman–Crippen LogP) is 2.04. The smallest absolute Gasteiger partial charge is 0.253 e. The van der Waals surface area contributed by atoms with E-state index in [1.54, 1.807) is 25.4 Å². The molecule has 1 rings (SSSR count). The van der Waals surface area contributed by atoms with E-state index in [9.17, 15) is 4.79 Å². The van der Waals surface area contributed by atoms with E-state index >= 15 is 0 Å². The molecule has 16 heavy (non-hydrogen) atoms. The summed E-state index contributed by atoms with van der Waals surface area (Å²) in [5.41, 5.74) is 0.599. The Kier molecular flexibility index (Phi) is 4.76. The number of hydrogen-bond acceptors (Lipinski definition) is 3. The van der Waals surface area contributed by atoms with E-state index in [4.69, 9.17) is 0 Å². The van der Waals surface area contributed by atoms with E-state index in [1.807, 2.05) is 6.92 Å². The molecule has 0 spiro atoms. The number of amides is 1. The first-order valence-electron chi connectivity index (χ1n) is 5.62. The summed E-state index contributed by atoms with van der Waals surface area (Å²) in [4.78, 5) is 15.9. The summed E-state index contributed by atoms with van der Waals surface area (Å²) in [7, 11) is 1.80. The highest BCUT2D eigenvalue weighted by molar-refractivity contribution is 5.94. The van der Waals surface area contributed by atoms with Gasteiger partial charge in [0.1, 0.15) is 5.82 Å². The van der Waals surface area contributed by atoms with Crippen LogP contribution in [-0.4, -0.2) is 24.0 Å². The number of nitrogens with one attached hydrogen (secondary N) is 2. The van der Waals surface area contributed by atoms with Crippen LogP contribution in [0.15, 0.2) is 18.3 Å². The minimum Gasteiger partial charge on any atom is -0.373 e. The van der Waals surface area contributed by atoms with E-state index in [0.29, 0.717) is 5.56 Å².